The van der Waals surface area contributed by atoms with Gasteiger partial charge in [-0.1, -0.05) is 35.5 Å². The second kappa shape index (κ2) is 8.84. The van der Waals surface area contributed by atoms with Crippen LogP contribution < -0.4 is 11.1 Å². The summed E-state index contributed by atoms with van der Waals surface area (Å²) in [7, 11) is 0. The highest BCUT2D eigenvalue weighted by atomic mass is 79.9. The Morgan fingerprint density at radius 1 is 1.21 bits per heavy atom. The number of aryl methyl sites for hydroxylation is 1. The Hall–Kier alpha value is -1.86. The first kappa shape index (κ1) is 18.5. The van der Waals surface area contributed by atoms with Crippen LogP contribution in [0.1, 0.15) is 11.1 Å². The molecule has 7 heteroatoms. The van der Waals surface area contributed by atoms with E-state index in [4.69, 9.17) is 10.6 Å². The van der Waals surface area contributed by atoms with Gasteiger partial charge >= 0.3 is 0 Å². The molecule has 0 aliphatic rings. The second-order valence-corrected chi connectivity index (χ2v) is 6.88. The number of nitrogens with one attached hydrogen (secondary N) is 1. The van der Waals surface area contributed by atoms with E-state index in [9.17, 15) is 4.79 Å². The molecule has 24 heavy (non-hydrogen) atoms. The number of hydrogen-bond acceptors (Lipinski definition) is 3. The van der Waals surface area contributed by atoms with Crippen LogP contribution in [0, 0.1) is 6.92 Å². The molecule has 0 unspecified atom stereocenters. The highest BCUT2D eigenvalue weighted by Crippen LogP contribution is 2.32. The van der Waals surface area contributed by atoms with Crippen molar-refractivity contribution in [2.45, 2.75) is 13.3 Å². The van der Waals surface area contributed by atoms with Gasteiger partial charge in [0.05, 0.1) is 5.69 Å². The maximum Gasteiger partial charge on any atom is 0.265 e. The van der Waals surface area contributed by atoms with Crippen LogP contribution in [0.5, 0.6) is 0 Å². The summed E-state index contributed by atoms with van der Waals surface area (Å²) in [4.78, 5) is 17.0. The topological polar surface area (TPSA) is 76.7 Å². The molecule has 2 aromatic carbocycles. The van der Waals surface area contributed by atoms with E-state index < -0.39 is 0 Å². The zero-order valence-corrected chi connectivity index (χ0v) is 16.2. The van der Waals surface area contributed by atoms with Crippen molar-refractivity contribution >= 4 is 49.3 Å². The molecule has 0 radical (unpaired) electrons. The smallest absolute Gasteiger partial charge is 0.265 e. The molecular weight excluding hydrogens is 438 g/mol. The molecule has 0 atom stereocenters. The molecule has 126 valence electrons. The highest BCUT2D eigenvalue weighted by Gasteiger charge is 2.10. The van der Waals surface area contributed by atoms with Gasteiger partial charge in [0.1, 0.15) is 5.84 Å². The Balaban J connectivity index is 1.86. The van der Waals surface area contributed by atoms with Crippen LogP contribution in [-0.2, 0) is 16.1 Å². The summed E-state index contributed by atoms with van der Waals surface area (Å²) in [5.74, 6) is -0.0109. The van der Waals surface area contributed by atoms with Crippen molar-refractivity contribution in [3.63, 3.8) is 0 Å². The van der Waals surface area contributed by atoms with Crippen LogP contribution >= 0.6 is 31.9 Å². The van der Waals surface area contributed by atoms with E-state index in [1.807, 2.05) is 49.4 Å². The fourth-order valence-corrected chi connectivity index (χ4v) is 3.62. The molecule has 0 aromatic heterocycles. The van der Waals surface area contributed by atoms with Crippen LogP contribution in [0.4, 0.5) is 5.69 Å². The molecule has 0 bridgehead atoms. The Labute approximate surface area is 157 Å². The van der Waals surface area contributed by atoms with Crippen molar-refractivity contribution in [3.8, 4) is 0 Å². The molecular formula is C17H17Br2N3O2. The maximum atomic E-state index is 12.0. The third-order valence-corrected chi connectivity index (χ3v) is 4.31. The van der Waals surface area contributed by atoms with Gasteiger partial charge in [-0.15, -0.1) is 0 Å². The molecule has 3 N–H and O–H groups in total. The van der Waals surface area contributed by atoms with E-state index in [0.717, 1.165) is 20.1 Å². The summed E-state index contributed by atoms with van der Waals surface area (Å²) >= 11 is 6.84. The fourth-order valence-electron chi connectivity index (χ4n) is 2.01. The minimum Gasteiger partial charge on any atom is -0.384 e. The van der Waals surface area contributed by atoms with Gasteiger partial charge in [0.25, 0.3) is 5.91 Å². The summed E-state index contributed by atoms with van der Waals surface area (Å²) in [6.07, 6.45) is 0.470. The summed E-state index contributed by atoms with van der Waals surface area (Å²) in [5.41, 5.74) is 8.53. The van der Waals surface area contributed by atoms with Crippen molar-refractivity contribution < 1.29 is 9.63 Å². The molecule has 0 saturated carbocycles. The Kier molecular flexibility index (Phi) is 6.81. The third kappa shape index (κ3) is 5.65. The number of anilines is 1. The number of nitrogens with zero attached hydrogens (tertiary/aromatic N) is 1. The van der Waals surface area contributed by atoms with Crippen molar-refractivity contribution in [1.29, 1.82) is 0 Å². The molecule has 0 aliphatic carbocycles. The first-order valence-corrected chi connectivity index (χ1v) is 8.78. The lowest BCUT2D eigenvalue weighted by molar-refractivity contribution is -0.120. The van der Waals surface area contributed by atoms with Crippen LogP contribution in [0.15, 0.2) is 56.6 Å². The van der Waals surface area contributed by atoms with Crippen molar-refractivity contribution in [2.75, 3.05) is 11.9 Å². The number of amidine groups is 1. The Bertz CT molecular complexity index is 726. The number of oxime groups is 1. The molecule has 0 heterocycles. The van der Waals surface area contributed by atoms with Crippen LogP contribution in [-0.4, -0.2) is 18.3 Å². The van der Waals surface area contributed by atoms with Gasteiger partial charge in [-0.05, 0) is 62.0 Å². The zero-order chi connectivity index (χ0) is 17.5. The highest BCUT2D eigenvalue weighted by molar-refractivity contribution is 9.11. The van der Waals surface area contributed by atoms with E-state index >= 15 is 0 Å². The molecule has 0 fully saturated rings. The lowest BCUT2D eigenvalue weighted by Gasteiger charge is -2.10. The van der Waals surface area contributed by atoms with Crippen LogP contribution in [0.3, 0.4) is 0 Å². The van der Waals surface area contributed by atoms with Gasteiger partial charge in [0, 0.05) is 15.4 Å². The maximum absolute atomic E-state index is 12.0. The molecule has 5 nitrogen and oxygen atoms in total. The van der Waals surface area contributed by atoms with Crippen molar-refractivity contribution in [1.82, 2.24) is 0 Å². The Morgan fingerprint density at radius 2 is 1.83 bits per heavy atom. The van der Waals surface area contributed by atoms with Crippen LogP contribution in [0.25, 0.3) is 0 Å². The number of carbonyl (C=O) groups excluding carboxylic acids is 1. The fraction of sp³-hybridized carbons (Fsp3) is 0.176. The first-order chi connectivity index (χ1) is 11.5. The SMILES string of the molecule is Cc1cc(Br)c(NC(=O)CO/N=C(/N)Cc2ccccc2)c(Br)c1. The van der Waals surface area contributed by atoms with Crippen molar-refractivity contribution in [2.24, 2.45) is 10.9 Å². The number of halogens is 2. The largest absolute Gasteiger partial charge is 0.384 e. The van der Waals surface area contributed by atoms with E-state index in [0.29, 0.717) is 17.9 Å². The van der Waals surface area contributed by atoms with Gasteiger partial charge in [-0.25, -0.2) is 0 Å². The average molecular weight is 455 g/mol. The predicted molar refractivity (Wildman–Crippen MR) is 103 cm³/mol. The predicted octanol–water partition coefficient (Wildman–Crippen LogP) is 3.99. The van der Waals surface area contributed by atoms with Gasteiger partial charge in [-0.3, -0.25) is 4.79 Å². The van der Waals surface area contributed by atoms with E-state index in [-0.39, 0.29) is 12.5 Å². The number of benzene rings is 2. The minimum atomic E-state index is -0.323. The summed E-state index contributed by atoms with van der Waals surface area (Å²) in [6.45, 7) is 1.75. The zero-order valence-electron chi connectivity index (χ0n) is 13.1. The third-order valence-electron chi connectivity index (χ3n) is 3.06. The molecule has 0 spiro atoms. The number of hydrogen-bond donors (Lipinski definition) is 2. The number of carbonyl (C=O) groups is 1. The van der Waals surface area contributed by atoms with E-state index in [1.165, 1.54) is 0 Å². The quantitative estimate of drug-likeness (QED) is 0.393. The van der Waals surface area contributed by atoms with Crippen molar-refractivity contribution in [3.05, 3.63) is 62.5 Å². The average Bonchev–Trinajstić information content (AvgIpc) is 2.52. The Morgan fingerprint density at radius 3 is 2.46 bits per heavy atom. The lowest BCUT2D eigenvalue weighted by atomic mass is 10.1. The van der Waals surface area contributed by atoms with E-state index in [2.05, 4.69) is 42.3 Å². The second-order valence-electron chi connectivity index (χ2n) is 5.17. The molecule has 2 rings (SSSR count). The molecule has 0 saturated heterocycles. The molecule has 1 amide bonds. The lowest BCUT2D eigenvalue weighted by Crippen LogP contribution is -2.20. The standard InChI is InChI=1S/C17H17Br2N3O2/c1-11-7-13(18)17(14(19)8-11)21-16(23)10-24-22-15(20)9-12-5-3-2-4-6-12/h2-8H,9-10H2,1H3,(H2,20,22)(H,21,23). The summed E-state index contributed by atoms with van der Waals surface area (Å²) < 4.78 is 1.57. The minimum absolute atomic E-state index is 0.220. The first-order valence-electron chi connectivity index (χ1n) is 7.19. The monoisotopic (exact) mass is 453 g/mol. The normalized spacial score (nSPS) is 11.2. The molecule has 2 aromatic rings. The number of rotatable bonds is 6. The number of nitrogens with two attached hydrogens (primary N) is 1. The van der Waals surface area contributed by atoms with Crippen LogP contribution in [0.2, 0.25) is 0 Å². The van der Waals surface area contributed by atoms with Gasteiger partial charge in [0.15, 0.2) is 6.61 Å². The number of amides is 1. The van der Waals surface area contributed by atoms with Gasteiger partial charge in [0.2, 0.25) is 0 Å². The summed E-state index contributed by atoms with van der Waals surface area (Å²) in [6, 6.07) is 13.5. The van der Waals surface area contributed by atoms with Gasteiger partial charge < -0.3 is 15.9 Å². The molecule has 0 aliphatic heterocycles. The van der Waals surface area contributed by atoms with E-state index in [1.54, 1.807) is 0 Å². The van der Waals surface area contributed by atoms with Gasteiger partial charge in [-0.2, -0.15) is 0 Å². The summed E-state index contributed by atoms with van der Waals surface area (Å²) in [5, 5.41) is 6.53.